The summed E-state index contributed by atoms with van der Waals surface area (Å²) in [6, 6.07) is 22.8. The molecule has 8 aliphatic rings. The molecule has 44 nitrogen and oxygen atoms in total. The van der Waals surface area contributed by atoms with E-state index in [4.69, 9.17) is 57.8 Å². The van der Waals surface area contributed by atoms with E-state index in [1.165, 1.54) is 24.8 Å². The number of ether oxygens (including phenoxy) is 8. The lowest BCUT2D eigenvalue weighted by Gasteiger charge is -2.32. The molecule has 0 spiro atoms. The second kappa shape index (κ2) is 41.3. The van der Waals surface area contributed by atoms with E-state index in [1.54, 1.807) is 99.5 Å². The highest BCUT2D eigenvalue weighted by Gasteiger charge is 2.40. The van der Waals surface area contributed by atoms with Crippen molar-refractivity contribution >= 4 is 114 Å². The van der Waals surface area contributed by atoms with Crippen molar-refractivity contribution in [2.24, 2.45) is 0 Å². The Bertz CT molecular complexity index is 6590. The van der Waals surface area contributed by atoms with E-state index in [2.05, 4.69) is 126 Å². The summed E-state index contributed by atoms with van der Waals surface area (Å²) in [5, 5.41) is 85.3. The van der Waals surface area contributed by atoms with Crippen molar-refractivity contribution in [2.75, 3.05) is 131 Å². The Hall–Kier alpha value is -14.2. The molecule has 44 heteroatoms. The van der Waals surface area contributed by atoms with Crippen LogP contribution >= 0.6 is 0 Å². The molecule has 4 saturated heterocycles. The molecule has 0 bridgehead atoms. The maximum atomic E-state index is 13.0. The third kappa shape index (κ3) is 18.0. The van der Waals surface area contributed by atoms with Crippen LogP contribution in [0.25, 0.3) is 112 Å². The fraction of sp³-hybridized carbons (Fsp3) is 0.440. The van der Waals surface area contributed by atoms with Crippen LogP contribution in [0.15, 0.2) is 147 Å². The lowest BCUT2D eigenvalue weighted by molar-refractivity contribution is -0.0592. The molecule has 16 aromatic heterocycles. The van der Waals surface area contributed by atoms with Gasteiger partial charge in [-0.25, -0.2) is 39.9 Å². The zero-order chi connectivity index (χ0) is 99.2. The van der Waals surface area contributed by atoms with Crippen molar-refractivity contribution in [3.63, 3.8) is 0 Å². The van der Waals surface area contributed by atoms with Gasteiger partial charge in [0.15, 0.2) is 22.6 Å². The van der Waals surface area contributed by atoms with Crippen LogP contribution in [0, 0.1) is 0 Å². The number of carbonyl (C=O) groups is 4. The van der Waals surface area contributed by atoms with Gasteiger partial charge in [0, 0.05) is 201 Å². The minimum absolute atomic E-state index is 0.0765. The number of nitrogens with zero attached hydrogens (tertiary/aromatic N) is 20. The lowest BCUT2D eigenvalue weighted by Crippen LogP contribution is -2.50. The summed E-state index contributed by atoms with van der Waals surface area (Å²) >= 11 is 0. The van der Waals surface area contributed by atoms with E-state index in [1.807, 2.05) is 72.8 Å². The third-order valence-corrected chi connectivity index (χ3v) is 29.3. The van der Waals surface area contributed by atoms with E-state index in [0.29, 0.717) is 169 Å². The average Bonchev–Trinajstić information content (AvgIpc) is 1.61. The van der Waals surface area contributed by atoms with Crippen molar-refractivity contribution < 1.29 is 77.5 Å². The van der Waals surface area contributed by atoms with Crippen molar-refractivity contribution in [3.05, 3.63) is 169 Å². The summed E-state index contributed by atoms with van der Waals surface area (Å²) in [7, 11) is 14.0. The van der Waals surface area contributed by atoms with Gasteiger partial charge in [0.05, 0.1) is 147 Å². The molecule has 752 valence electrons. The second-order valence-electron chi connectivity index (χ2n) is 37.3. The summed E-state index contributed by atoms with van der Waals surface area (Å²) in [6.07, 6.45) is 28.2. The van der Waals surface area contributed by atoms with Crippen molar-refractivity contribution in [3.8, 4) is 45.0 Å². The number of aromatic nitrogens is 20. The van der Waals surface area contributed by atoms with Crippen molar-refractivity contribution in [1.82, 2.24) is 118 Å². The fourth-order valence-electron chi connectivity index (χ4n) is 20.5. The molecule has 1 unspecified atom stereocenters. The monoisotopic (exact) mass is 1960 g/mol. The molecule has 4 saturated carbocycles. The number of pyridine rings is 4. The predicted octanol–water partition coefficient (Wildman–Crippen LogP) is 8.07. The zero-order valence-corrected chi connectivity index (χ0v) is 80.9. The highest BCUT2D eigenvalue weighted by atomic mass is 16.5. The van der Waals surface area contributed by atoms with Crippen LogP contribution in [0.1, 0.15) is 143 Å². The van der Waals surface area contributed by atoms with E-state index in [0.717, 1.165) is 118 Å². The molecule has 16 atom stereocenters. The van der Waals surface area contributed by atoms with Gasteiger partial charge in [0.2, 0.25) is 0 Å². The van der Waals surface area contributed by atoms with Gasteiger partial charge in [-0.3, -0.25) is 19.2 Å². The van der Waals surface area contributed by atoms with Crippen molar-refractivity contribution in [1.29, 1.82) is 0 Å². The normalized spacial score (nSPS) is 24.1. The van der Waals surface area contributed by atoms with E-state index >= 15 is 0 Å². The van der Waals surface area contributed by atoms with Gasteiger partial charge in [-0.15, -0.1) is 0 Å². The first-order valence-electron chi connectivity index (χ1n) is 48.8. The maximum absolute atomic E-state index is 13.0. The molecule has 144 heavy (non-hydrogen) atoms. The van der Waals surface area contributed by atoms with Crippen LogP contribution in [-0.2, 0) is 37.9 Å². The Morgan fingerprint density at radius 3 is 0.729 bits per heavy atom. The molecular weight excluding hydrogens is 1850 g/mol. The minimum Gasteiger partial charge on any atom is -0.391 e. The van der Waals surface area contributed by atoms with Gasteiger partial charge >= 0.3 is 0 Å². The van der Waals surface area contributed by atoms with Crippen LogP contribution in [0.3, 0.4) is 0 Å². The standard InChI is InChI=1S/4C25H29N7O4/c4*1-26-22-10-18(29-24-15(11-28-32(22)24)25(34)30-17-5-6-20(17)33)16-12-31(23-14(16)4-3-8-27-23)19-7-9-36-13-21(19)35-2/h4*3-4,8,10-12,17,19-21,26,33H,5-7,9,13H2,1-2H3,(H,30,34)/t17?,19-,20+,21-;17-,19+,20+,21+;17-,19+,20+,21-;17-,19-,20+,21-/m0110/s1. The SMILES string of the molecule is CNc1cc(-c2cn([C@H]3CCOC[C@@H]3OC)c3ncccc23)nc2c(C(=O)NC3CC[C@H]3O)cnn12.CNc1cc(-c2cn([C@H]3CCOC[C@@H]3OC)c3ncccc23)nc2c(C(=O)N[C@@H]3CC[C@@H]3O)cnn12.CNc1cc(-c2cn([C@H]3CCOC[C@@H]3OC)c3ncccc23)nc2c(C(=O)N[C@H]3CC[C@H]3O)cnn12.CNc1cc(-c2cn([C@H]3CCOC[C@H]3OC)c3ncccc23)nc2c(C(=O)N[C@@H]3CC[C@@H]3O)cnn12. The number of amides is 4. The number of carbonyl (C=O) groups excluding carboxylic acids is 4. The maximum Gasteiger partial charge on any atom is 0.257 e. The first-order valence-corrected chi connectivity index (χ1v) is 48.8. The molecule has 24 rings (SSSR count). The van der Waals surface area contributed by atoms with Crippen LogP contribution in [0.2, 0.25) is 0 Å². The number of aliphatic hydroxyl groups is 4. The number of aliphatic hydroxyl groups excluding tert-OH is 4. The van der Waals surface area contributed by atoms with Gasteiger partial charge in [0.1, 0.15) is 92.5 Å². The molecule has 12 N–H and O–H groups in total. The Balaban J connectivity index is 0.000000113. The first-order chi connectivity index (χ1) is 70.3. The smallest absolute Gasteiger partial charge is 0.257 e. The van der Waals surface area contributed by atoms with E-state index < -0.39 is 24.4 Å². The predicted molar refractivity (Wildman–Crippen MR) is 532 cm³/mol. The summed E-state index contributed by atoms with van der Waals surface area (Å²) in [4.78, 5) is 90.4. The Kier molecular flexibility index (Phi) is 27.5. The number of hydrogen-bond acceptors (Lipinski definition) is 32. The van der Waals surface area contributed by atoms with E-state index in [9.17, 15) is 39.6 Å². The zero-order valence-electron chi connectivity index (χ0n) is 80.9. The number of fused-ring (bicyclic) bond motifs is 8. The topological polar surface area (TPSA) is 511 Å². The third-order valence-electron chi connectivity index (χ3n) is 29.3. The number of rotatable bonds is 24. The molecule has 4 amide bonds. The Labute approximate surface area is 824 Å². The molecule has 8 fully saturated rings. The summed E-state index contributed by atoms with van der Waals surface area (Å²) in [6.45, 7) is 4.74. The fourth-order valence-corrected chi connectivity index (χ4v) is 20.5. The summed E-state index contributed by atoms with van der Waals surface area (Å²) < 4.78 is 60.6. The van der Waals surface area contributed by atoms with Crippen LogP contribution in [0.5, 0.6) is 0 Å². The molecule has 4 aliphatic heterocycles. The lowest BCUT2D eigenvalue weighted by atomic mass is 9.89. The Morgan fingerprint density at radius 1 is 0.319 bits per heavy atom. The van der Waals surface area contributed by atoms with E-state index in [-0.39, 0.29) is 96.4 Å². The number of nitrogens with one attached hydrogen (secondary N) is 8. The van der Waals surface area contributed by atoms with Crippen LogP contribution < -0.4 is 42.5 Å². The average molecular weight is 1970 g/mol. The quantitative estimate of drug-likeness (QED) is 0.0272. The van der Waals surface area contributed by atoms with Gasteiger partial charge < -0.3 is 119 Å². The molecular formula is C100H116N28O16. The second-order valence-corrected chi connectivity index (χ2v) is 37.3. The number of methoxy groups -OCH3 is 4. The largest absolute Gasteiger partial charge is 0.391 e. The number of hydrogen-bond donors (Lipinski definition) is 12. The van der Waals surface area contributed by atoms with Gasteiger partial charge in [-0.05, 0) is 126 Å². The molecule has 16 aromatic rings. The first kappa shape index (κ1) is 96.0. The molecule has 20 heterocycles. The molecule has 0 radical (unpaired) electrons. The molecule has 4 aliphatic carbocycles. The van der Waals surface area contributed by atoms with Gasteiger partial charge in [-0.1, -0.05) is 0 Å². The van der Waals surface area contributed by atoms with Gasteiger partial charge in [-0.2, -0.15) is 38.5 Å². The summed E-state index contributed by atoms with van der Waals surface area (Å²) in [5.41, 5.74) is 13.0. The highest BCUT2D eigenvalue weighted by Crippen LogP contribution is 2.43. The van der Waals surface area contributed by atoms with Crippen molar-refractivity contribution in [2.45, 2.75) is 174 Å². The minimum atomic E-state index is -0.507. The van der Waals surface area contributed by atoms with Gasteiger partial charge in [0.25, 0.3) is 23.6 Å². The highest BCUT2D eigenvalue weighted by molar-refractivity contribution is 6.05. The Morgan fingerprint density at radius 2 is 0.542 bits per heavy atom. The molecule has 0 aromatic carbocycles. The number of anilines is 4. The van der Waals surface area contributed by atoms with Crippen LogP contribution in [-0.4, -0.2) is 323 Å². The summed E-state index contributed by atoms with van der Waals surface area (Å²) in [5.74, 6) is 1.60. The van der Waals surface area contributed by atoms with Crippen LogP contribution in [0.4, 0.5) is 23.3 Å².